The third-order valence-electron chi connectivity index (χ3n) is 3.07. The van der Waals surface area contributed by atoms with Gasteiger partial charge in [-0.25, -0.2) is 4.98 Å². The van der Waals surface area contributed by atoms with Gasteiger partial charge in [0, 0.05) is 28.9 Å². The minimum Gasteiger partial charge on any atom is -0.346 e. The van der Waals surface area contributed by atoms with E-state index >= 15 is 0 Å². The second-order valence-electron chi connectivity index (χ2n) is 4.48. The van der Waals surface area contributed by atoms with E-state index < -0.39 is 22.8 Å². The maximum absolute atomic E-state index is 12.9. The smallest absolute Gasteiger partial charge is 0.346 e. The standard InChI is InChI=1S/C13H6F6N2S/c14-12(15,16)6-3-8-9(5-21-11(8)20-4-6)7-1-2-22-10(7)13(17,18)19/h1-5H,(H,20,21). The predicted octanol–water partition coefficient (Wildman–Crippen LogP) is 5.33. The fraction of sp³-hybridized carbons (Fsp3) is 0.154. The van der Waals surface area contributed by atoms with Crippen molar-refractivity contribution in [2.75, 3.05) is 0 Å². The van der Waals surface area contributed by atoms with Gasteiger partial charge in [0.1, 0.15) is 10.5 Å². The molecule has 0 bridgehead atoms. The Hall–Kier alpha value is -2.03. The molecule has 0 saturated heterocycles. The van der Waals surface area contributed by atoms with Gasteiger partial charge in [0.2, 0.25) is 0 Å². The molecule has 0 radical (unpaired) electrons. The first-order chi connectivity index (χ1) is 10.2. The summed E-state index contributed by atoms with van der Waals surface area (Å²) in [6.45, 7) is 0. The molecule has 0 spiro atoms. The number of rotatable bonds is 1. The lowest BCUT2D eigenvalue weighted by atomic mass is 10.1. The van der Waals surface area contributed by atoms with Gasteiger partial charge in [-0.2, -0.15) is 26.3 Å². The first-order valence-electron chi connectivity index (χ1n) is 5.87. The highest BCUT2D eigenvalue weighted by Crippen LogP contribution is 2.43. The Morgan fingerprint density at radius 3 is 2.36 bits per heavy atom. The van der Waals surface area contributed by atoms with E-state index in [0.717, 1.165) is 6.07 Å². The fourth-order valence-electron chi connectivity index (χ4n) is 2.12. The molecule has 22 heavy (non-hydrogen) atoms. The van der Waals surface area contributed by atoms with Crippen molar-refractivity contribution in [2.45, 2.75) is 12.4 Å². The van der Waals surface area contributed by atoms with Crippen LogP contribution in [-0.2, 0) is 12.4 Å². The molecule has 3 rings (SSSR count). The van der Waals surface area contributed by atoms with Crippen molar-refractivity contribution in [3.05, 3.63) is 40.3 Å². The molecule has 3 aromatic heterocycles. The van der Waals surface area contributed by atoms with Crippen LogP contribution in [0.15, 0.2) is 29.9 Å². The van der Waals surface area contributed by atoms with Gasteiger partial charge in [0.25, 0.3) is 0 Å². The summed E-state index contributed by atoms with van der Waals surface area (Å²) >= 11 is 0.492. The summed E-state index contributed by atoms with van der Waals surface area (Å²) in [6.07, 6.45) is -7.31. The highest BCUT2D eigenvalue weighted by Gasteiger charge is 2.36. The monoisotopic (exact) mass is 336 g/mol. The summed E-state index contributed by atoms with van der Waals surface area (Å²) in [6, 6.07) is 2.03. The second-order valence-corrected chi connectivity index (χ2v) is 5.40. The van der Waals surface area contributed by atoms with E-state index in [1.807, 2.05) is 0 Å². The van der Waals surface area contributed by atoms with E-state index in [2.05, 4.69) is 9.97 Å². The largest absolute Gasteiger partial charge is 0.426 e. The number of aromatic amines is 1. The van der Waals surface area contributed by atoms with Crippen molar-refractivity contribution in [3.63, 3.8) is 0 Å². The van der Waals surface area contributed by atoms with Crippen molar-refractivity contribution in [1.82, 2.24) is 9.97 Å². The van der Waals surface area contributed by atoms with E-state index in [-0.39, 0.29) is 22.2 Å². The number of halogens is 6. The zero-order valence-corrected chi connectivity index (χ0v) is 11.3. The number of nitrogens with one attached hydrogen (secondary N) is 1. The molecule has 0 saturated carbocycles. The van der Waals surface area contributed by atoms with Crippen molar-refractivity contribution in [1.29, 1.82) is 0 Å². The van der Waals surface area contributed by atoms with Gasteiger partial charge < -0.3 is 4.98 Å². The first-order valence-corrected chi connectivity index (χ1v) is 6.75. The Labute approximate surface area is 123 Å². The van der Waals surface area contributed by atoms with Gasteiger partial charge in [0.15, 0.2) is 0 Å². The van der Waals surface area contributed by atoms with Gasteiger partial charge in [-0.3, -0.25) is 0 Å². The van der Waals surface area contributed by atoms with Crippen LogP contribution in [0, 0.1) is 0 Å². The van der Waals surface area contributed by atoms with Gasteiger partial charge >= 0.3 is 12.4 Å². The molecular formula is C13H6F6N2S. The van der Waals surface area contributed by atoms with Crippen molar-refractivity contribution in [3.8, 4) is 11.1 Å². The Morgan fingerprint density at radius 1 is 1.00 bits per heavy atom. The maximum atomic E-state index is 12.9. The molecule has 3 heterocycles. The summed E-state index contributed by atoms with van der Waals surface area (Å²) < 4.78 is 77.1. The highest BCUT2D eigenvalue weighted by molar-refractivity contribution is 7.10. The Kier molecular flexibility index (Phi) is 3.20. The molecule has 1 N–H and O–H groups in total. The van der Waals surface area contributed by atoms with Crippen LogP contribution in [0.2, 0.25) is 0 Å². The third kappa shape index (κ3) is 2.45. The SMILES string of the molecule is FC(F)(F)c1cnc2[nH]cc(-c3ccsc3C(F)(F)F)c2c1. The highest BCUT2D eigenvalue weighted by atomic mass is 32.1. The number of alkyl halides is 6. The van der Waals surface area contributed by atoms with Crippen molar-refractivity contribution < 1.29 is 26.3 Å². The average molecular weight is 336 g/mol. The topological polar surface area (TPSA) is 28.7 Å². The lowest BCUT2D eigenvalue weighted by molar-refractivity contribution is -0.137. The second kappa shape index (κ2) is 4.73. The molecule has 3 aromatic rings. The van der Waals surface area contributed by atoms with Crippen LogP contribution in [0.5, 0.6) is 0 Å². The Morgan fingerprint density at radius 2 is 1.73 bits per heavy atom. The molecule has 0 amide bonds. The fourth-order valence-corrected chi connectivity index (χ4v) is 2.90. The van der Waals surface area contributed by atoms with Gasteiger partial charge in [0.05, 0.1) is 5.56 Å². The molecule has 0 atom stereocenters. The third-order valence-corrected chi connectivity index (χ3v) is 4.03. The van der Waals surface area contributed by atoms with E-state index in [4.69, 9.17) is 0 Å². The van der Waals surface area contributed by atoms with Gasteiger partial charge in [-0.15, -0.1) is 11.3 Å². The lowest BCUT2D eigenvalue weighted by Crippen LogP contribution is -2.05. The van der Waals surface area contributed by atoms with Crippen molar-refractivity contribution in [2.24, 2.45) is 0 Å². The summed E-state index contributed by atoms with van der Waals surface area (Å²) in [5.41, 5.74) is -1.03. The van der Waals surface area contributed by atoms with Gasteiger partial charge in [-0.05, 0) is 17.5 Å². The number of nitrogens with zero attached hydrogens (tertiary/aromatic N) is 1. The summed E-state index contributed by atoms with van der Waals surface area (Å²) in [5.74, 6) is 0. The van der Waals surface area contributed by atoms with Crippen LogP contribution in [0.4, 0.5) is 26.3 Å². The normalized spacial score (nSPS) is 13.0. The molecule has 116 valence electrons. The van der Waals surface area contributed by atoms with Gasteiger partial charge in [-0.1, -0.05) is 0 Å². The van der Waals surface area contributed by atoms with E-state index in [1.54, 1.807) is 0 Å². The van der Waals surface area contributed by atoms with Crippen molar-refractivity contribution >= 4 is 22.4 Å². The molecule has 0 aliphatic rings. The zero-order valence-electron chi connectivity index (χ0n) is 10.5. The number of thiophene rings is 1. The summed E-state index contributed by atoms with van der Waals surface area (Å²) in [4.78, 5) is 5.35. The number of pyridine rings is 1. The predicted molar refractivity (Wildman–Crippen MR) is 69.4 cm³/mol. The van der Waals surface area contributed by atoms with Crippen LogP contribution < -0.4 is 0 Å². The summed E-state index contributed by atoms with van der Waals surface area (Å²) in [5, 5.41) is 1.25. The van der Waals surface area contributed by atoms with Crippen LogP contribution in [0.1, 0.15) is 10.4 Å². The minimum absolute atomic E-state index is 0.00118. The van der Waals surface area contributed by atoms with Crippen LogP contribution >= 0.6 is 11.3 Å². The number of hydrogen-bond donors (Lipinski definition) is 1. The number of fused-ring (bicyclic) bond motifs is 1. The molecule has 0 aliphatic heterocycles. The molecule has 9 heteroatoms. The number of hydrogen-bond acceptors (Lipinski definition) is 2. The maximum Gasteiger partial charge on any atom is 0.426 e. The molecule has 0 aromatic carbocycles. The molecule has 0 unspecified atom stereocenters. The first kappa shape index (κ1) is 14.9. The Balaban J connectivity index is 2.22. The Bertz CT molecular complexity index is 827. The van der Waals surface area contributed by atoms with E-state index in [1.165, 1.54) is 17.6 Å². The van der Waals surface area contributed by atoms with Crippen LogP contribution in [0.25, 0.3) is 22.2 Å². The zero-order chi connectivity index (χ0) is 16.1. The molecule has 2 nitrogen and oxygen atoms in total. The van der Waals surface area contributed by atoms with Crippen LogP contribution in [-0.4, -0.2) is 9.97 Å². The average Bonchev–Trinajstić information content (AvgIpc) is 3.02. The lowest BCUT2D eigenvalue weighted by Gasteiger charge is -2.08. The molecule has 0 fully saturated rings. The molecular weight excluding hydrogens is 330 g/mol. The van der Waals surface area contributed by atoms with E-state index in [0.29, 0.717) is 17.5 Å². The van der Waals surface area contributed by atoms with Crippen LogP contribution in [0.3, 0.4) is 0 Å². The summed E-state index contributed by atoms with van der Waals surface area (Å²) in [7, 11) is 0. The minimum atomic E-state index is -4.61. The molecule has 0 aliphatic carbocycles. The number of H-pyrrole nitrogens is 1. The van der Waals surface area contributed by atoms with E-state index in [9.17, 15) is 26.3 Å². The number of aromatic nitrogens is 2. The quantitative estimate of drug-likeness (QED) is 0.598.